The van der Waals surface area contributed by atoms with E-state index in [1.54, 1.807) is 0 Å². The first-order valence-electron chi connectivity index (χ1n) is 14.3. The minimum atomic E-state index is -2.23. The minimum Gasteiger partial charge on any atom is -0.443 e. The Morgan fingerprint density at radius 2 is 1.29 bits per heavy atom. The van der Waals surface area contributed by atoms with Crippen LogP contribution in [0.25, 0.3) is 0 Å². The summed E-state index contributed by atoms with van der Waals surface area (Å²) < 4.78 is 17.8. The average Bonchev–Trinajstić information content (AvgIpc) is 2.97. The van der Waals surface area contributed by atoms with E-state index in [2.05, 4.69) is 39.3 Å². The standard InChI is InChI=1S/C33H44N2O6Si/c1-33(2,3)42(4,5)41-30(21-26-15-9-6-10-16-26)22-29(23-36)35(32(38)40-25-28-19-13-8-14-20-28)34-31(37)39-24-27-17-11-7-12-18-27/h6-20,29-30,36H,21-25H2,1-5H3,(H,34,37)/t29-,30+/m0/s1. The summed E-state index contributed by atoms with van der Waals surface area (Å²) in [5.74, 6) is 0. The van der Waals surface area contributed by atoms with Crippen LogP contribution in [0.4, 0.5) is 9.59 Å². The van der Waals surface area contributed by atoms with Crippen LogP contribution in [-0.4, -0.2) is 49.4 Å². The SMILES string of the molecule is CC(C)(C)[Si](C)(C)O[C@H](Cc1ccccc1)C[C@@H](CO)N(NC(=O)OCc1ccccc1)C(=O)OCc1ccccc1. The maximum atomic E-state index is 13.4. The third-order valence-electron chi connectivity index (χ3n) is 7.51. The van der Waals surface area contributed by atoms with Crippen LogP contribution in [0, 0.1) is 0 Å². The molecule has 2 N–H and O–H groups in total. The Labute approximate surface area is 250 Å². The van der Waals surface area contributed by atoms with Crippen LogP contribution in [-0.2, 0) is 33.5 Å². The highest BCUT2D eigenvalue weighted by Crippen LogP contribution is 2.38. The molecule has 2 atom stereocenters. The third-order valence-corrected chi connectivity index (χ3v) is 12.0. The van der Waals surface area contributed by atoms with Gasteiger partial charge in [0.25, 0.3) is 0 Å². The van der Waals surface area contributed by atoms with Crippen molar-refractivity contribution in [2.24, 2.45) is 0 Å². The fourth-order valence-corrected chi connectivity index (χ4v) is 5.50. The number of nitrogens with zero attached hydrogens (tertiary/aromatic N) is 1. The van der Waals surface area contributed by atoms with Gasteiger partial charge >= 0.3 is 12.2 Å². The number of hydrogen-bond acceptors (Lipinski definition) is 6. The molecule has 2 amide bonds. The molecule has 0 saturated carbocycles. The molecule has 0 unspecified atom stereocenters. The van der Waals surface area contributed by atoms with Crippen LogP contribution >= 0.6 is 0 Å². The molecule has 226 valence electrons. The summed E-state index contributed by atoms with van der Waals surface area (Å²) in [5, 5.41) is 11.5. The summed E-state index contributed by atoms with van der Waals surface area (Å²) in [6.45, 7) is 10.4. The molecule has 0 aliphatic heterocycles. The number of benzene rings is 3. The number of ether oxygens (including phenoxy) is 2. The van der Waals surface area contributed by atoms with Gasteiger partial charge in [-0.1, -0.05) is 112 Å². The molecule has 0 spiro atoms. The van der Waals surface area contributed by atoms with Crippen LogP contribution in [0.3, 0.4) is 0 Å². The number of hydrazine groups is 1. The highest BCUT2D eigenvalue weighted by Gasteiger charge is 2.40. The average molecular weight is 593 g/mol. The summed E-state index contributed by atoms with van der Waals surface area (Å²) in [6, 6.07) is 27.6. The van der Waals surface area contributed by atoms with E-state index in [1.165, 1.54) is 0 Å². The lowest BCUT2D eigenvalue weighted by atomic mass is 10.0. The van der Waals surface area contributed by atoms with Gasteiger partial charge in [0.15, 0.2) is 8.32 Å². The van der Waals surface area contributed by atoms with Crippen molar-refractivity contribution < 1.29 is 28.6 Å². The number of nitrogens with one attached hydrogen (secondary N) is 1. The summed E-state index contributed by atoms with van der Waals surface area (Å²) >= 11 is 0. The topological polar surface area (TPSA) is 97.3 Å². The minimum absolute atomic E-state index is 0.00295. The van der Waals surface area contributed by atoms with Gasteiger partial charge < -0.3 is 19.0 Å². The van der Waals surface area contributed by atoms with Gasteiger partial charge in [-0.25, -0.2) is 20.0 Å². The molecule has 0 aliphatic rings. The van der Waals surface area contributed by atoms with Crippen molar-refractivity contribution in [1.82, 2.24) is 10.4 Å². The fraction of sp³-hybridized carbons (Fsp3) is 0.394. The first-order chi connectivity index (χ1) is 20.0. The van der Waals surface area contributed by atoms with E-state index < -0.39 is 33.2 Å². The first kappa shape index (κ1) is 32.8. The number of rotatable bonds is 12. The van der Waals surface area contributed by atoms with Gasteiger partial charge in [-0.2, -0.15) is 0 Å². The summed E-state index contributed by atoms with van der Waals surface area (Å²) in [6.07, 6.45) is -1.14. The molecule has 9 heteroatoms. The van der Waals surface area contributed by atoms with Crippen LogP contribution in [0.1, 0.15) is 43.9 Å². The normalized spacial score (nSPS) is 13.1. The maximum absolute atomic E-state index is 13.4. The van der Waals surface area contributed by atoms with Crippen LogP contribution < -0.4 is 5.43 Å². The second-order valence-corrected chi connectivity index (χ2v) is 16.6. The Morgan fingerprint density at radius 3 is 1.76 bits per heavy atom. The second kappa shape index (κ2) is 15.5. The largest absolute Gasteiger partial charge is 0.443 e. The Balaban J connectivity index is 1.82. The molecule has 0 aromatic heterocycles. The Morgan fingerprint density at radius 1 is 0.810 bits per heavy atom. The predicted octanol–water partition coefficient (Wildman–Crippen LogP) is 6.85. The summed E-state index contributed by atoms with van der Waals surface area (Å²) in [4.78, 5) is 26.3. The van der Waals surface area contributed by atoms with Crippen molar-refractivity contribution in [3.05, 3.63) is 108 Å². The zero-order chi connectivity index (χ0) is 30.6. The molecule has 3 aromatic rings. The molecule has 0 aliphatic carbocycles. The van der Waals surface area contributed by atoms with E-state index in [0.717, 1.165) is 21.7 Å². The molecule has 3 rings (SSSR count). The van der Waals surface area contributed by atoms with Crippen LogP contribution in [0.15, 0.2) is 91.0 Å². The maximum Gasteiger partial charge on any atom is 0.429 e. The van der Waals surface area contributed by atoms with Crippen molar-refractivity contribution in [2.75, 3.05) is 6.61 Å². The van der Waals surface area contributed by atoms with E-state index in [4.69, 9.17) is 13.9 Å². The van der Waals surface area contributed by atoms with Gasteiger partial charge in [0.2, 0.25) is 0 Å². The molecule has 42 heavy (non-hydrogen) atoms. The Kier molecular flexibility index (Phi) is 12.1. The molecule has 0 radical (unpaired) electrons. The third kappa shape index (κ3) is 10.3. The van der Waals surface area contributed by atoms with Gasteiger partial charge in [0.05, 0.1) is 18.8 Å². The fourth-order valence-electron chi connectivity index (χ4n) is 4.14. The van der Waals surface area contributed by atoms with Crippen molar-refractivity contribution in [1.29, 1.82) is 0 Å². The second-order valence-electron chi connectivity index (χ2n) is 11.8. The van der Waals surface area contributed by atoms with Crippen LogP contribution in [0.5, 0.6) is 0 Å². The number of carbonyl (C=O) groups excluding carboxylic acids is 2. The van der Waals surface area contributed by atoms with Crippen molar-refractivity contribution in [3.8, 4) is 0 Å². The lowest BCUT2D eigenvalue weighted by Crippen LogP contribution is -2.55. The number of amides is 2. The number of carbonyl (C=O) groups is 2. The molecular formula is C33H44N2O6Si. The highest BCUT2D eigenvalue weighted by atomic mass is 28.4. The molecular weight excluding hydrogens is 548 g/mol. The Bertz CT molecular complexity index is 1240. The molecule has 0 heterocycles. The zero-order valence-corrected chi connectivity index (χ0v) is 26.3. The van der Waals surface area contributed by atoms with Gasteiger partial charge in [0, 0.05) is 0 Å². The highest BCUT2D eigenvalue weighted by molar-refractivity contribution is 6.74. The van der Waals surface area contributed by atoms with E-state index >= 15 is 0 Å². The molecule has 0 fully saturated rings. The number of aliphatic hydroxyl groups is 1. The van der Waals surface area contributed by atoms with E-state index in [1.807, 2.05) is 91.0 Å². The zero-order valence-electron chi connectivity index (χ0n) is 25.3. The first-order valence-corrected chi connectivity index (χ1v) is 17.2. The summed E-state index contributed by atoms with van der Waals surface area (Å²) in [5.41, 5.74) is 5.20. The Hall–Kier alpha value is -3.66. The van der Waals surface area contributed by atoms with Crippen molar-refractivity contribution >= 4 is 20.5 Å². The van der Waals surface area contributed by atoms with Crippen LogP contribution in [0.2, 0.25) is 18.1 Å². The van der Waals surface area contributed by atoms with E-state index in [9.17, 15) is 14.7 Å². The number of hydrogen-bond donors (Lipinski definition) is 2. The van der Waals surface area contributed by atoms with E-state index in [0.29, 0.717) is 6.42 Å². The lowest BCUT2D eigenvalue weighted by molar-refractivity contribution is 0.0171. The quantitative estimate of drug-likeness (QED) is 0.176. The molecule has 0 bridgehead atoms. The monoisotopic (exact) mass is 592 g/mol. The van der Waals surface area contributed by atoms with Gasteiger partial charge in [0.1, 0.15) is 13.2 Å². The van der Waals surface area contributed by atoms with Gasteiger partial charge in [-0.3, -0.25) is 0 Å². The van der Waals surface area contributed by atoms with Gasteiger partial charge in [-0.15, -0.1) is 0 Å². The molecule has 0 saturated heterocycles. The molecule has 8 nitrogen and oxygen atoms in total. The summed E-state index contributed by atoms with van der Waals surface area (Å²) in [7, 11) is -2.23. The van der Waals surface area contributed by atoms with Crippen molar-refractivity contribution in [3.63, 3.8) is 0 Å². The van der Waals surface area contributed by atoms with Crippen molar-refractivity contribution in [2.45, 2.75) is 77.1 Å². The lowest BCUT2D eigenvalue weighted by Gasteiger charge is -2.41. The smallest absolute Gasteiger partial charge is 0.429 e. The van der Waals surface area contributed by atoms with E-state index in [-0.39, 0.29) is 30.8 Å². The molecule has 3 aromatic carbocycles. The van der Waals surface area contributed by atoms with Gasteiger partial charge in [-0.05, 0) is 47.7 Å². The predicted molar refractivity (Wildman–Crippen MR) is 166 cm³/mol. The number of aliphatic hydroxyl groups excluding tert-OH is 1.